The van der Waals surface area contributed by atoms with Gasteiger partial charge in [0.2, 0.25) is 5.91 Å². The number of hydrogen-bond donors (Lipinski definition) is 2. The summed E-state index contributed by atoms with van der Waals surface area (Å²) in [6, 6.07) is 6.90. The molecule has 0 radical (unpaired) electrons. The molecule has 1 amide bonds. The summed E-state index contributed by atoms with van der Waals surface area (Å²) in [4.78, 5) is 24.1. The zero-order valence-electron chi connectivity index (χ0n) is 14.9. The number of nitrogens with zero attached hydrogens (tertiary/aromatic N) is 1. The Balaban J connectivity index is 2.17. The van der Waals surface area contributed by atoms with Crippen LogP contribution in [0.3, 0.4) is 0 Å². The van der Waals surface area contributed by atoms with Crippen LogP contribution in [0.4, 0.5) is 0 Å². The second-order valence-electron chi connectivity index (χ2n) is 7.59. The molecule has 0 saturated heterocycles. The van der Waals surface area contributed by atoms with E-state index in [0.29, 0.717) is 24.0 Å². The Labute approximate surface area is 147 Å². The summed E-state index contributed by atoms with van der Waals surface area (Å²) in [5.74, 6) is -0.349. The van der Waals surface area contributed by atoms with E-state index in [1.54, 1.807) is 22.8 Å². The van der Waals surface area contributed by atoms with Crippen LogP contribution in [0.25, 0.3) is 5.69 Å². The Kier molecular flexibility index (Phi) is 4.19. The van der Waals surface area contributed by atoms with Crippen molar-refractivity contribution in [1.29, 1.82) is 0 Å². The van der Waals surface area contributed by atoms with Crippen LogP contribution in [-0.2, 0) is 12.8 Å². The largest absolute Gasteiger partial charge is 0.494 e. The van der Waals surface area contributed by atoms with Gasteiger partial charge in [0, 0.05) is 35.0 Å². The summed E-state index contributed by atoms with van der Waals surface area (Å²) in [6.45, 7) is 6.15. The Hall–Kier alpha value is -2.56. The maximum absolute atomic E-state index is 12.4. The summed E-state index contributed by atoms with van der Waals surface area (Å²) in [7, 11) is 0. The molecule has 1 aromatic carbocycles. The minimum absolute atomic E-state index is 0.0466. The first kappa shape index (κ1) is 17.3. The van der Waals surface area contributed by atoms with Crippen LogP contribution in [0.15, 0.2) is 24.3 Å². The average Bonchev–Trinajstić information content (AvgIpc) is 2.82. The molecule has 0 fully saturated rings. The van der Waals surface area contributed by atoms with Gasteiger partial charge in [-0.3, -0.25) is 14.2 Å². The molecule has 0 spiro atoms. The molecule has 1 aromatic heterocycles. The zero-order valence-corrected chi connectivity index (χ0v) is 14.9. The number of fused-ring (bicyclic) bond motifs is 1. The Morgan fingerprint density at radius 2 is 2.00 bits per heavy atom. The van der Waals surface area contributed by atoms with Gasteiger partial charge in [0.05, 0.1) is 0 Å². The van der Waals surface area contributed by atoms with E-state index in [4.69, 9.17) is 5.73 Å². The number of Topliss-reactive ketones (excluding diaryl/α,β-unsaturated/α-hetero) is 1. The number of rotatable bonds is 4. The van der Waals surface area contributed by atoms with Gasteiger partial charge in [-0.15, -0.1) is 0 Å². The van der Waals surface area contributed by atoms with Crippen LogP contribution in [0.5, 0.6) is 5.88 Å². The molecule has 3 N–H and O–H groups in total. The van der Waals surface area contributed by atoms with Gasteiger partial charge in [0.25, 0.3) is 0 Å². The number of primary amides is 1. The van der Waals surface area contributed by atoms with Gasteiger partial charge in [-0.2, -0.15) is 0 Å². The number of amides is 1. The molecule has 0 atom stereocenters. The fourth-order valence-electron chi connectivity index (χ4n) is 3.72. The van der Waals surface area contributed by atoms with Gasteiger partial charge in [0.1, 0.15) is 0 Å². The Morgan fingerprint density at radius 3 is 2.64 bits per heavy atom. The molecule has 2 aromatic rings. The van der Waals surface area contributed by atoms with Crippen molar-refractivity contribution in [2.24, 2.45) is 11.1 Å². The summed E-state index contributed by atoms with van der Waals surface area (Å²) in [5.41, 5.74) is 8.85. The molecular formula is C20H24N2O3. The molecule has 0 bridgehead atoms. The van der Waals surface area contributed by atoms with Crippen LogP contribution >= 0.6 is 0 Å². The standard InChI is InChI=1S/C20H24N2O3/c1-4-5-12-8-13(6-7-14(12)19(21)25)22-16-10-20(2,3)11-17(23)15(16)9-18(22)24/h6-9,24H,4-5,10-11H2,1-3H3,(H2,21,25). The number of ketones is 1. The van der Waals surface area contributed by atoms with E-state index in [9.17, 15) is 14.7 Å². The van der Waals surface area contributed by atoms with Crippen molar-refractivity contribution in [3.63, 3.8) is 0 Å². The number of hydrogen-bond acceptors (Lipinski definition) is 3. The van der Waals surface area contributed by atoms with Gasteiger partial charge >= 0.3 is 0 Å². The predicted octanol–water partition coefficient (Wildman–Crippen LogP) is 3.39. The van der Waals surface area contributed by atoms with E-state index < -0.39 is 5.91 Å². The number of nitrogens with two attached hydrogens (primary N) is 1. The van der Waals surface area contributed by atoms with E-state index >= 15 is 0 Å². The number of aryl methyl sites for hydroxylation is 1. The lowest BCUT2D eigenvalue weighted by molar-refractivity contribution is 0.0910. The van der Waals surface area contributed by atoms with Gasteiger partial charge in [-0.1, -0.05) is 27.2 Å². The number of carbonyl (C=O) groups excluding carboxylic acids is 2. The van der Waals surface area contributed by atoms with Crippen molar-refractivity contribution in [2.45, 2.75) is 46.5 Å². The third-order valence-electron chi connectivity index (χ3n) is 4.80. The van der Waals surface area contributed by atoms with Crippen LogP contribution < -0.4 is 5.73 Å². The van der Waals surface area contributed by atoms with Crippen LogP contribution in [-0.4, -0.2) is 21.4 Å². The summed E-state index contributed by atoms with van der Waals surface area (Å²) >= 11 is 0. The Morgan fingerprint density at radius 1 is 1.28 bits per heavy atom. The molecule has 1 heterocycles. The molecule has 132 valence electrons. The maximum atomic E-state index is 12.4. The average molecular weight is 340 g/mol. The molecule has 25 heavy (non-hydrogen) atoms. The highest BCUT2D eigenvalue weighted by molar-refractivity contribution is 5.99. The number of benzene rings is 1. The maximum Gasteiger partial charge on any atom is 0.248 e. The van der Waals surface area contributed by atoms with Gasteiger partial charge < -0.3 is 10.8 Å². The molecule has 0 aliphatic heterocycles. The number of aromatic nitrogens is 1. The first-order valence-corrected chi connectivity index (χ1v) is 8.63. The summed E-state index contributed by atoms with van der Waals surface area (Å²) in [5, 5.41) is 10.5. The lowest BCUT2D eigenvalue weighted by Crippen LogP contribution is -2.27. The molecule has 1 aliphatic carbocycles. The van der Waals surface area contributed by atoms with Crippen LogP contribution in [0, 0.1) is 5.41 Å². The highest BCUT2D eigenvalue weighted by Crippen LogP contribution is 2.39. The van der Waals surface area contributed by atoms with Crippen molar-refractivity contribution >= 4 is 11.7 Å². The van der Waals surface area contributed by atoms with Gasteiger partial charge in [0.15, 0.2) is 11.7 Å². The minimum Gasteiger partial charge on any atom is -0.494 e. The first-order valence-electron chi connectivity index (χ1n) is 8.63. The lowest BCUT2D eigenvalue weighted by atomic mass is 9.76. The fourth-order valence-corrected chi connectivity index (χ4v) is 3.72. The van der Waals surface area contributed by atoms with Crippen LogP contribution in [0.1, 0.15) is 65.6 Å². The molecule has 0 saturated carbocycles. The third-order valence-corrected chi connectivity index (χ3v) is 4.80. The second kappa shape index (κ2) is 6.06. The second-order valence-corrected chi connectivity index (χ2v) is 7.59. The minimum atomic E-state index is -0.454. The fraction of sp³-hybridized carbons (Fsp3) is 0.400. The van der Waals surface area contributed by atoms with Crippen molar-refractivity contribution < 1.29 is 14.7 Å². The van der Waals surface area contributed by atoms with Crippen molar-refractivity contribution in [3.8, 4) is 11.6 Å². The number of carbonyl (C=O) groups is 2. The van der Waals surface area contributed by atoms with Crippen molar-refractivity contribution in [2.75, 3.05) is 0 Å². The van der Waals surface area contributed by atoms with E-state index in [0.717, 1.165) is 29.8 Å². The van der Waals surface area contributed by atoms with Crippen molar-refractivity contribution in [1.82, 2.24) is 4.57 Å². The smallest absolute Gasteiger partial charge is 0.248 e. The quantitative estimate of drug-likeness (QED) is 0.894. The zero-order chi connectivity index (χ0) is 18.4. The van der Waals surface area contributed by atoms with Crippen molar-refractivity contribution in [3.05, 3.63) is 46.6 Å². The summed E-state index contributed by atoms with van der Waals surface area (Å²) in [6.07, 6.45) is 2.78. The first-order chi connectivity index (χ1) is 11.7. The SMILES string of the molecule is CCCc1cc(-n2c(O)cc3c2CC(C)(C)CC3=O)ccc1C(N)=O. The topological polar surface area (TPSA) is 85.3 Å². The van der Waals surface area contributed by atoms with E-state index in [1.165, 1.54) is 0 Å². The van der Waals surface area contributed by atoms with Gasteiger partial charge in [-0.05, 0) is 42.0 Å². The van der Waals surface area contributed by atoms with E-state index in [-0.39, 0.29) is 17.1 Å². The third kappa shape index (κ3) is 3.06. The monoisotopic (exact) mass is 340 g/mol. The lowest BCUT2D eigenvalue weighted by Gasteiger charge is -2.29. The molecule has 3 rings (SSSR count). The predicted molar refractivity (Wildman–Crippen MR) is 96.4 cm³/mol. The highest BCUT2D eigenvalue weighted by atomic mass is 16.3. The molecule has 1 aliphatic rings. The molecule has 0 unspecified atom stereocenters. The summed E-state index contributed by atoms with van der Waals surface area (Å²) < 4.78 is 1.72. The van der Waals surface area contributed by atoms with E-state index in [2.05, 4.69) is 13.8 Å². The van der Waals surface area contributed by atoms with E-state index in [1.807, 2.05) is 13.0 Å². The highest BCUT2D eigenvalue weighted by Gasteiger charge is 2.34. The molecule has 5 nitrogen and oxygen atoms in total. The van der Waals surface area contributed by atoms with Crippen LogP contribution in [0.2, 0.25) is 0 Å². The number of aromatic hydroxyl groups is 1. The molecule has 5 heteroatoms. The normalized spacial score (nSPS) is 15.9. The van der Waals surface area contributed by atoms with Gasteiger partial charge in [-0.25, -0.2) is 0 Å². The molecular weight excluding hydrogens is 316 g/mol. The Bertz CT molecular complexity index is 862.